The molecule has 2 heteroatoms. The van der Waals surface area contributed by atoms with Crippen LogP contribution in [0.1, 0.15) is 43.6 Å². The maximum atomic E-state index is 12.0. The Morgan fingerprint density at radius 1 is 1.13 bits per heavy atom. The lowest BCUT2D eigenvalue weighted by Gasteiger charge is -2.14. The third kappa shape index (κ3) is 2.60. The number of ketones is 1. The molecule has 1 unspecified atom stereocenters. The van der Waals surface area contributed by atoms with Gasteiger partial charge in [0, 0.05) is 15.9 Å². The van der Waals surface area contributed by atoms with Crippen molar-refractivity contribution in [2.24, 2.45) is 0 Å². The van der Waals surface area contributed by atoms with E-state index in [1.54, 1.807) is 0 Å². The smallest absolute Gasteiger partial charge is 0.140 e. The van der Waals surface area contributed by atoms with Gasteiger partial charge in [0.05, 0.1) is 0 Å². The third-order valence-corrected chi connectivity index (χ3v) is 4.07. The number of hydrogen-bond donors (Lipinski definition) is 0. The van der Waals surface area contributed by atoms with Crippen LogP contribution in [0.5, 0.6) is 0 Å². The van der Waals surface area contributed by atoms with E-state index in [4.69, 9.17) is 0 Å². The number of carbonyl (C=O) groups excluding carboxylic acids is 1. The number of Topliss-reactive ketones (excluding diaryl/α,β-unsaturated/α-hetero) is 1. The highest BCUT2D eigenvalue weighted by Crippen LogP contribution is 2.31. The SMILES string of the molecule is O=C1CCCCCC1c1ccccc1I. The van der Waals surface area contributed by atoms with Gasteiger partial charge in [-0.3, -0.25) is 4.79 Å². The molecule has 0 spiro atoms. The van der Waals surface area contributed by atoms with Crippen LogP contribution < -0.4 is 0 Å². The highest BCUT2D eigenvalue weighted by atomic mass is 127. The summed E-state index contributed by atoms with van der Waals surface area (Å²) in [6, 6.07) is 8.27. The van der Waals surface area contributed by atoms with Gasteiger partial charge in [0.1, 0.15) is 5.78 Å². The molecule has 1 nitrogen and oxygen atoms in total. The first-order valence-electron chi connectivity index (χ1n) is 5.56. The summed E-state index contributed by atoms with van der Waals surface area (Å²) < 4.78 is 1.23. The molecule has 1 aromatic rings. The fourth-order valence-corrected chi connectivity index (χ4v) is 3.01. The quantitative estimate of drug-likeness (QED) is 0.567. The van der Waals surface area contributed by atoms with Crippen molar-refractivity contribution in [2.45, 2.75) is 38.0 Å². The highest BCUT2D eigenvalue weighted by Gasteiger charge is 2.23. The molecular formula is C13H15IO. The van der Waals surface area contributed by atoms with E-state index in [1.165, 1.54) is 22.0 Å². The van der Waals surface area contributed by atoms with Gasteiger partial charge in [-0.1, -0.05) is 31.0 Å². The topological polar surface area (TPSA) is 17.1 Å². The van der Waals surface area contributed by atoms with Crippen molar-refractivity contribution < 1.29 is 4.79 Å². The van der Waals surface area contributed by atoms with Crippen molar-refractivity contribution in [2.75, 3.05) is 0 Å². The van der Waals surface area contributed by atoms with E-state index in [9.17, 15) is 4.79 Å². The molecule has 1 fully saturated rings. The van der Waals surface area contributed by atoms with Crippen LogP contribution in [0, 0.1) is 3.57 Å². The Bertz CT molecular complexity index is 359. The molecule has 1 atom stereocenters. The maximum absolute atomic E-state index is 12.0. The van der Waals surface area contributed by atoms with Gasteiger partial charge in [0.25, 0.3) is 0 Å². The van der Waals surface area contributed by atoms with E-state index in [2.05, 4.69) is 34.7 Å². The van der Waals surface area contributed by atoms with Gasteiger partial charge in [-0.25, -0.2) is 0 Å². The predicted molar refractivity (Wildman–Crippen MR) is 70.0 cm³/mol. The Hall–Kier alpha value is -0.380. The Morgan fingerprint density at radius 3 is 2.73 bits per heavy atom. The van der Waals surface area contributed by atoms with Crippen molar-refractivity contribution >= 4 is 28.4 Å². The lowest BCUT2D eigenvalue weighted by atomic mass is 9.91. The first kappa shape index (κ1) is 11.1. The average molecular weight is 314 g/mol. The average Bonchev–Trinajstić information content (AvgIpc) is 2.44. The Labute approximate surface area is 104 Å². The van der Waals surface area contributed by atoms with Crippen LogP contribution in [0.4, 0.5) is 0 Å². The minimum absolute atomic E-state index is 0.167. The van der Waals surface area contributed by atoms with Gasteiger partial charge in [-0.05, 0) is 47.1 Å². The minimum Gasteiger partial charge on any atom is -0.299 e. The first-order valence-corrected chi connectivity index (χ1v) is 6.64. The Morgan fingerprint density at radius 2 is 1.93 bits per heavy atom. The molecule has 15 heavy (non-hydrogen) atoms. The van der Waals surface area contributed by atoms with Crippen LogP contribution in [0.15, 0.2) is 24.3 Å². The van der Waals surface area contributed by atoms with E-state index in [-0.39, 0.29) is 5.92 Å². The van der Waals surface area contributed by atoms with E-state index in [0.29, 0.717) is 5.78 Å². The zero-order valence-electron chi connectivity index (χ0n) is 8.71. The summed E-state index contributed by atoms with van der Waals surface area (Å²) in [5, 5.41) is 0. The summed E-state index contributed by atoms with van der Waals surface area (Å²) in [6.07, 6.45) is 5.31. The van der Waals surface area contributed by atoms with Crippen LogP contribution in [-0.2, 0) is 4.79 Å². The molecule has 0 aliphatic heterocycles. The second kappa shape index (κ2) is 5.10. The number of halogens is 1. The van der Waals surface area contributed by atoms with Gasteiger partial charge in [0.2, 0.25) is 0 Å². The monoisotopic (exact) mass is 314 g/mol. The standard InChI is InChI=1S/C13H15IO/c14-12-8-5-4-6-10(12)11-7-2-1-3-9-13(11)15/h4-6,8,11H,1-3,7,9H2. The molecule has 0 bridgehead atoms. The van der Waals surface area contributed by atoms with Gasteiger partial charge in [-0.2, -0.15) is 0 Å². The summed E-state index contributed by atoms with van der Waals surface area (Å²) in [6.45, 7) is 0. The van der Waals surface area contributed by atoms with Crippen molar-refractivity contribution in [3.05, 3.63) is 33.4 Å². The fraction of sp³-hybridized carbons (Fsp3) is 0.462. The molecule has 1 aliphatic carbocycles. The molecule has 0 N–H and O–H groups in total. The van der Waals surface area contributed by atoms with Crippen LogP contribution in [-0.4, -0.2) is 5.78 Å². The van der Waals surface area contributed by atoms with Crippen molar-refractivity contribution in [3.63, 3.8) is 0 Å². The second-order valence-corrected chi connectivity index (χ2v) is 5.30. The fourth-order valence-electron chi connectivity index (χ4n) is 2.25. The molecule has 1 saturated carbocycles. The molecule has 0 radical (unpaired) electrons. The number of hydrogen-bond acceptors (Lipinski definition) is 1. The first-order chi connectivity index (χ1) is 7.29. The molecule has 0 amide bonds. The predicted octanol–water partition coefficient (Wildman–Crippen LogP) is 3.91. The van der Waals surface area contributed by atoms with Gasteiger partial charge in [0.15, 0.2) is 0 Å². The van der Waals surface area contributed by atoms with E-state index < -0.39 is 0 Å². The van der Waals surface area contributed by atoms with Gasteiger partial charge < -0.3 is 0 Å². The zero-order valence-corrected chi connectivity index (χ0v) is 10.9. The van der Waals surface area contributed by atoms with Crippen LogP contribution in [0.2, 0.25) is 0 Å². The maximum Gasteiger partial charge on any atom is 0.140 e. The van der Waals surface area contributed by atoms with Gasteiger partial charge in [-0.15, -0.1) is 0 Å². The normalized spacial score (nSPS) is 22.5. The largest absolute Gasteiger partial charge is 0.299 e. The molecule has 1 aromatic carbocycles. The molecule has 2 rings (SSSR count). The van der Waals surface area contributed by atoms with Crippen LogP contribution in [0.25, 0.3) is 0 Å². The van der Waals surface area contributed by atoms with Crippen molar-refractivity contribution in [3.8, 4) is 0 Å². The highest BCUT2D eigenvalue weighted by molar-refractivity contribution is 14.1. The molecule has 0 aromatic heterocycles. The molecular weight excluding hydrogens is 299 g/mol. The Balaban J connectivity index is 2.28. The minimum atomic E-state index is 0.167. The second-order valence-electron chi connectivity index (χ2n) is 4.14. The summed E-state index contributed by atoms with van der Waals surface area (Å²) in [4.78, 5) is 12.0. The van der Waals surface area contributed by atoms with Gasteiger partial charge >= 0.3 is 0 Å². The van der Waals surface area contributed by atoms with E-state index >= 15 is 0 Å². The molecule has 0 saturated heterocycles. The van der Waals surface area contributed by atoms with E-state index in [0.717, 1.165) is 19.3 Å². The number of benzene rings is 1. The van der Waals surface area contributed by atoms with Crippen LogP contribution >= 0.6 is 22.6 Å². The molecule has 80 valence electrons. The summed E-state index contributed by atoms with van der Waals surface area (Å²) in [7, 11) is 0. The molecule has 0 heterocycles. The number of carbonyl (C=O) groups is 1. The Kier molecular flexibility index (Phi) is 3.78. The number of rotatable bonds is 1. The molecule has 1 aliphatic rings. The zero-order chi connectivity index (χ0) is 10.7. The summed E-state index contributed by atoms with van der Waals surface area (Å²) in [5.74, 6) is 0.609. The van der Waals surface area contributed by atoms with Crippen molar-refractivity contribution in [1.82, 2.24) is 0 Å². The van der Waals surface area contributed by atoms with Crippen LogP contribution in [0.3, 0.4) is 0 Å². The third-order valence-electron chi connectivity index (χ3n) is 3.09. The van der Waals surface area contributed by atoms with E-state index in [1.807, 2.05) is 12.1 Å². The lowest BCUT2D eigenvalue weighted by molar-refractivity contribution is -0.120. The lowest BCUT2D eigenvalue weighted by Crippen LogP contribution is -2.11. The summed E-state index contributed by atoms with van der Waals surface area (Å²) in [5.41, 5.74) is 1.24. The summed E-state index contributed by atoms with van der Waals surface area (Å²) >= 11 is 2.33. The van der Waals surface area contributed by atoms with Crippen molar-refractivity contribution in [1.29, 1.82) is 0 Å².